The van der Waals surface area contributed by atoms with Crippen LogP contribution in [0.15, 0.2) is 0 Å². The number of carbonyl (C=O) groups excluding carboxylic acids is 1. The Morgan fingerprint density at radius 1 is 1.10 bits per heavy atom. The summed E-state index contributed by atoms with van der Waals surface area (Å²) < 4.78 is 0. The van der Waals surface area contributed by atoms with Gasteiger partial charge < -0.3 is 10.6 Å². The van der Waals surface area contributed by atoms with Gasteiger partial charge in [-0.2, -0.15) is 0 Å². The molecular weight excluding hydrogens is 128 g/mol. The highest BCUT2D eigenvalue weighted by Crippen LogP contribution is 2.20. The van der Waals surface area contributed by atoms with Gasteiger partial charge in [0, 0.05) is 0 Å². The molecule has 1 aliphatic carbocycles. The van der Waals surface area contributed by atoms with Crippen molar-refractivity contribution >= 4 is 6.03 Å². The maximum atomic E-state index is 10.8. The van der Waals surface area contributed by atoms with Crippen molar-refractivity contribution in [2.24, 2.45) is 0 Å². The fraction of sp³-hybridized carbons (Fsp3) is 0.857. The molecule has 2 atom stereocenters. The van der Waals surface area contributed by atoms with Crippen LogP contribution in [0.3, 0.4) is 0 Å². The van der Waals surface area contributed by atoms with E-state index in [0.29, 0.717) is 12.1 Å². The summed E-state index contributed by atoms with van der Waals surface area (Å²) in [5, 5.41) is 5.81. The van der Waals surface area contributed by atoms with E-state index in [1.165, 1.54) is 12.8 Å². The van der Waals surface area contributed by atoms with Crippen molar-refractivity contribution in [2.75, 3.05) is 0 Å². The van der Waals surface area contributed by atoms with Crippen LogP contribution in [0, 0.1) is 0 Å². The summed E-state index contributed by atoms with van der Waals surface area (Å²) in [5.74, 6) is 0. The molecule has 3 heteroatoms. The van der Waals surface area contributed by atoms with Crippen LogP contribution in [0.2, 0.25) is 0 Å². The van der Waals surface area contributed by atoms with Crippen molar-refractivity contribution < 1.29 is 4.79 Å². The lowest BCUT2D eigenvalue weighted by molar-refractivity contribution is 0.247. The molecule has 0 radical (unpaired) electrons. The number of carbonyl (C=O) groups is 1. The zero-order chi connectivity index (χ0) is 6.97. The summed E-state index contributed by atoms with van der Waals surface area (Å²) in [6.45, 7) is 0. The van der Waals surface area contributed by atoms with Crippen LogP contribution in [0.5, 0.6) is 0 Å². The van der Waals surface area contributed by atoms with Crippen molar-refractivity contribution in [2.45, 2.75) is 37.8 Å². The highest BCUT2D eigenvalue weighted by Gasteiger charge is 2.32. The van der Waals surface area contributed by atoms with Gasteiger partial charge in [0.25, 0.3) is 0 Å². The third kappa shape index (κ3) is 0.856. The summed E-state index contributed by atoms with van der Waals surface area (Å²) in [6.07, 6.45) is 4.85. The molecule has 0 bridgehead atoms. The predicted octanol–water partition coefficient (Wildman–Crippen LogP) is 0.610. The normalized spacial score (nSPS) is 38.2. The van der Waals surface area contributed by atoms with Gasteiger partial charge in [-0.25, -0.2) is 4.79 Å². The largest absolute Gasteiger partial charge is 0.333 e. The number of hydrogen-bond acceptors (Lipinski definition) is 1. The van der Waals surface area contributed by atoms with Gasteiger partial charge in [-0.3, -0.25) is 0 Å². The molecular formula is C7H12N2O. The van der Waals surface area contributed by atoms with Gasteiger partial charge >= 0.3 is 6.03 Å². The van der Waals surface area contributed by atoms with Crippen LogP contribution in [-0.4, -0.2) is 18.1 Å². The number of urea groups is 1. The quantitative estimate of drug-likeness (QED) is 0.508. The van der Waals surface area contributed by atoms with Gasteiger partial charge in [-0.15, -0.1) is 0 Å². The second kappa shape index (κ2) is 2.15. The number of amides is 2. The molecule has 3 nitrogen and oxygen atoms in total. The maximum Gasteiger partial charge on any atom is 0.315 e. The van der Waals surface area contributed by atoms with E-state index >= 15 is 0 Å². The molecule has 2 N–H and O–H groups in total. The standard InChI is InChI=1S/C7H12N2O/c10-7-8-5-3-1-2-4-6(5)9-7/h5-6H,1-4H2,(H2,8,9,10)/t5-,6-/m0/s1. The monoisotopic (exact) mass is 140 g/mol. The zero-order valence-corrected chi connectivity index (χ0v) is 5.89. The number of nitrogens with one attached hydrogen (secondary N) is 2. The molecule has 0 aromatic rings. The number of hydrogen-bond donors (Lipinski definition) is 2. The third-order valence-electron chi connectivity index (χ3n) is 2.40. The van der Waals surface area contributed by atoms with Gasteiger partial charge in [0.2, 0.25) is 0 Å². The molecule has 0 aromatic carbocycles. The average molecular weight is 140 g/mol. The minimum absolute atomic E-state index is 0.0249. The Hall–Kier alpha value is -0.730. The van der Waals surface area contributed by atoms with Gasteiger partial charge in [-0.05, 0) is 12.8 Å². The first-order valence-corrected chi connectivity index (χ1v) is 3.93. The van der Waals surface area contributed by atoms with Crippen molar-refractivity contribution in [3.8, 4) is 0 Å². The Balaban J connectivity index is 2.04. The lowest BCUT2D eigenvalue weighted by Crippen LogP contribution is -2.36. The van der Waals surface area contributed by atoms with Gasteiger partial charge in [0.15, 0.2) is 0 Å². The van der Waals surface area contributed by atoms with Crippen molar-refractivity contribution in [1.82, 2.24) is 10.6 Å². The van der Waals surface area contributed by atoms with Crippen LogP contribution in [0.1, 0.15) is 25.7 Å². The topological polar surface area (TPSA) is 41.1 Å². The first kappa shape index (κ1) is 6.01. The minimum Gasteiger partial charge on any atom is -0.333 e. The summed E-state index contributed by atoms with van der Waals surface area (Å²) in [5.41, 5.74) is 0. The fourth-order valence-corrected chi connectivity index (χ4v) is 1.85. The average Bonchev–Trinajstić information content (AvgIpc) is 2.27. The van der Waals surface area contributed by atoms with Gasteiger partial charge in [0.1, 0.15) is 0 Å². The van der Waals surface area contributed by atoms with Crippen LogP contribution < -0.4 is 10.6 Å². The smallest absolute Gasteiger partial charge is 0.315 e. The second-order valence-corrected chi connectivity index (χ2v) is 3.12. The summed E-state index contributed by atoms with van der Waals surface area (Å²) in [7, 11) is 0. The van der Waals surface area contributed by atoms with E-state index < -0.39 is 0 Å². The first-order valence-electron chi connectivity index (χ1n) is 3.93. The Morgan fingerprint density at radius 3 is 2.10 bits per heavy atom. The summed E-state index contributed by atoms with van der Waals surface area (Å²) in [6, 6.07) is 0.888. The molecule has 2 amide bonds. The molecule has 1 saturated carbocycles. The molecule has 1 heterocycles. The molecule has 0 unspecified atom stereocenters. The molecule has 56 valence electrons. The van der Waals surface area contributed by atoms with Crippen LogP contribution in [0.4, 0.5) is 4.79 Å². The summed E-state index contributed by atoms with van der Waals surface area (Å²) in [4.78, 5) is 10.8. The highest BCUT2D eigenvalue weighted by atomic mass is 16.2. The Morgan fingerprint density at radius 2 is 1.60 bits per heavy atom. The zero-order valence-electron chi connectivity index (χ0n) is 5.89. The van der Waals surface area contributed by atoms with Crippen molar-refractivity contribution in [1.29, 1.82) is 0 Å². The second-order valence-electron chi connectivity index (χ2n) is 3.12. The number of rotatable bonds is 0. The van der Waals surface area contributed by atoms with Crippen molar-refractivity contribution in [3.63, 3.8) is 0 Å². The molecule has 0 aromatic heterocycles. The van der Waals surface area contributed by atoms with E-state index in [1.807, 2.05) is 0 Å². The van der Waals surface area contributed by atoms with Crippen LogP contribution >= 0.6 is 0 Å². The molecule has 2 fully saturated rings. The molecule has 0 spiro atoms. The van der Waals surface area contributed by atoms with Gasteiger partial charge in [-0.1, -0.05) is 12.8 Å². The lowest BCUT2D eigenvalue weighted by atomic mass is 9.92. The van der Waals surface area contributed by atoms with Gasteiger partial charge in [0.05, 0.1) is 12.1 Å². The highest BCUT2D eigenvalue weighted by molar-refractivity contribution is 5.77. The van der Waals surface area contributed by atoms with Crippen LogP contribution in [-0.2, 0) is 0 Å². The lowest BCUT2D eigenvalue weighted by Gasteiger charge is -2.22. The molecule has 2 rings (SSSR count). The van der Waals surface area contributed by atoms with E-state index in [4.69, 9.17) is 0 Å². The van der Waals surface area contributed by atoms with E-state index in [2.05, 4.69) is 10.6 Å². The number of fused-ring (bicyclic) bond motifs is 1. The SMILES string of the molecule is O=C1N[C@H]2CCCC[C@@H]2N1. The molecule has 10 heavy (non-hydrogen) atoms. The van der Waals surface area contributed by atoms with Crippen molar-refractivity contribution in [3.05, 3.63) is 0 Å². The summed E-state index contributed by atoms with van der Waals surface area (Å²) >= 11 is 0. The molecule has 1 saturated heterocycles. The van der Waals surface area contributed by atoms with E-state index in [1.54, 1.807) is 0 Å². The van der Waals surface area contributed by atoms with Crippen LogP contribution in [0.25, 0.3) is 0 Å². The van der Waals surface area contributed by atoms with E-state index in [9.17, 15) is 4.79 Å². The minimum atomic E-state index is 0.0249. The Kier molecular flexibility index (Phi) is 1.29. The van der Waals surface area contributed by atoms with E-state index in [-0.39, 0.29) is 6.03 Å². The predicted molar refractivity (Wildman–Crippen MR) is 37.7 cm³/mol. The molecule has 1 aliphatic heterocycles. The third-order valence-corrected chi connectivity index (χ3v) is 2.40. The maximum absolute atomic E-state index is 10.8. The Labute approximate surface area is 60.2 Å². The Bertz CT molecular complexity index is 142. The first-order chi connectivity index (χ1) is 4.86. The van der Waals surface area contributed by atoms with E-state index in [0.717, 1.165) is 12.8 Å². The molecule has 2 aliphatic rings. The fourth-order valence-electron chi connectivity index (χ4n) is 1.85.